The van der Waals surface area contributed by atoms with Crippen LogP contribution in [0.25, 0.3) is 0 Å². The van der Waals surface area contributed by atoms with E-state index in [4.69, 9.17) is 4.74 Å². The molecule has 1 aromatic carbocycles. The fourth-order valence-electron chi connectivity index (χ4n) is 2.18. The first-order valence-electron chi connectivity index (χ1n) is 6.55. The lowest BCUT2D eigenvalue weighted by Gasteiger charge is -2.35. The normalized spacial score (nSPS) is 17.8. The van der Waals surface area contributed by atoms with Gasteiger partial charge in [0, 0.05) is 0 Å². The molecule has 20 heavy (non-hydrogen) atoms. The third kappa shape index (κ3) is 2.45. The van der Waals surface area contributed by atoms with E-state index in [2.05, 4.69) is 5.32 Å². The van der Waals surface area contributed by atoms with Crippen molar-refractivity contribution in [1.82, 2.24) is 0 Å². The standard InChI is InChI=1S/C14H17FN2O3/c1-4-10-13(18)16-12-9(15)6-5-7-11(12)17(10)14(19)20-8(2)3/h5-8,10H,4H2,1-3H3,(H,16,18)/t10-/m0/s1. The smallest absolute Gasteiger partial charge is 0.415 e. The fourth-order valence-corrected chi connectivity index (χ4v) is 2.18. The van der Waals surface area contributed by atoms with Crippen LogP contribution < -0.4 is 10.2 Å². The Labute approximate surface area is 116 Å². The molecule has 1 heterocycles. The molecule has 0 saturated carbocycles. The molecule has 0 fully saturated rings. The number of hydrogen-bond acceptors (Lipinski definition) is 3. The van der Waals surface area contributed by atoms with Crippen molar-refractivity contribution in [3.05, 3.63) is 24.0 Å². The number of para-hydroxylation sites is 1. The highest BCUT2D eigenvalue weighted by Crippen LogP contribution is 2.35. The third-order valence-corrected chi connectivity index (χ3v) is 3.03. The van der Waals surface area contributed by atoms with Crippen LogP contribution >= 0.6 is 0 Å². The van der Waals surface area contributed by atoms with Crippen LogP contribution in [-0.4, -0.2) is 24.1 Å². The Balaban J connectivity index is 2.48. The maximum Gasteiger partial charge on any atom is 0.415 e. The lowest BCUT2D eigenvalue weighted by Crippen LogP contribution is -2.51. The number of nitrogens with one attached hydrogen (secondary N) is 1. The quantitative estimate of drug-likeness (QED) is 0.906. The fraction of sp³-hybridized carbons (Fsp3) is 0.429. The van der Waals surface area contributed by atoms with E-state index in [-0.39, 0.29) is 11.8 Å². The summed E-state index contributed by atoms with van der Waals surface area (Å²) in [5.74, 6) is -0.987. The molecule has 1 aliphatic heterocycles. The van der Waals surface area contributed by atoms with Crippen molar-refractivity contribution < 1.29 is 18.7 Å². The molecule has 0 aliphatic carbocycles. The highest BCUT2D eigenvalue weighted by atomic mass is 19.1. The Kier molecular flexibility index (Phi) is 3.92. The second-order valence-electron chi connectivity index (χ2n) is 4.85. The summed E-state index contributed by atoms with van der Waals surface area (Å²) in [7, 11) is 0. The molecule has 108 valence electrons. The van der Waals surface area contributed by atoms with Crippen molar-refractivity contribution in [1.29, 1.82) is 0 Å². The SMILES string of the molecule is CC[C@H]1C(=O)Nc2c(F)cccc2N1C(=O)OC(C)C. The minimum Gasteiger partial charge on any atom is -0.446 e. The van der Waals surface area contributed by atoms with Crippen LogP contribution in [0.15, 0.2) is 18.2 Å². The number of anilines is 2. The summed E-state index contributed by atoms with van der Waals surface area (Å²) >= 11 is 0. The molecule has 2 rings (SSSR count). The molecule has 0 saturated heterocycles. The predicted octanol–water partition coefficient (Wildman–Crippen LogP) is 2.91. The maximum atomic E-state index is 13.8. The number of carbonyl (C=O) groups is 2. The summed E-state index contributed by atoms with van der Waals surface area (Å²) in [6, 6.07) is 3.61. The Hall–Kier alpha value is -2.11. The summed E-state index contributed by atoms with van der Waals surface area (Å²) in [6.45, 7) is 5.22. The van der Waals surface area contributed by atoms with Gasteiger partial charge in [-0.2, -0.15) is 0 Å². The molecule has 0 radical (unpaired) electrons. The number of rotatable bonds is 2. The number of nitrogens with zero attached hydrogens (tertiary/aromatic N) is 1. The molecule has 1 aliphatic rings. The Morgan fingerprint density at radius 2 is 2.20 bits per heavy atom. The molecule has 0 bridgehead atoms. The van der Waals surface area contributed by atoms with Crippen LogP contribution in [-0.2, 0) is 9.53 Å². The van der Waals surface area contributed by atoms with E-state index in [0.717, 1.165) is 0 Å². The van der Waals surface area contributed by atoms with Crippen molar-refractivity contribution in [2.75, 3.05) is 10.2 Å². The average Bonchev–Trinajstić information content (AvgIpc) is 2.37. The Bertz CT molecular complexity index is 545. The van der Waals surface area contributed by atoms with Gasteiger partial charge in [0.2, 0.25) is 5.91 Å². The van der Waals surface area contributed by atoms with Gasteiger partial charge in [0.05, 0.1) is 11.8 Å². The molecule has 1 atom stereocenters. The van der Waals surface area contributed by atoms with E-state index in [1.54, 1.807) is 26.8 Å². The Morgan fingerprint density at radius 1 is 1.50 bits per heavy atom. The zero-order valence-electron chi connectivity index (χ0n) is 11.6. The second-order valence-corrected chi connectivity index (χ2v) is 4.85. The number of ether oxygens (including phenoxy) is 1. The summed E-state index contributed by atoms with van der Waals surface area (Å²) < 4.78 is 18.9. The van der Waals surface area contributed by atoms with Crippen LogP contribution in [0.5, 0.6) is 0 Å². The van der Waals surface area contributed by atoms with Gasteiger partial charge in [-0.1, -0.05) is 13.0 Å². The zero-order valence-corrected chi connectivity index (χ0v) is 11.6. The lowest BCUT2D eigenvalue weighted by atomic mass is 10.1. The van der Waals surface area contributed by atoms with Gasteiger partial charge in [0.15, 0.2) is 0 Å². The molecule has 1 N–H and O–H groups in total. The van der Waals surface area contributed by atoms with Crippen LogP contribution in [0.4, 0.5) is 20.6 Å². The first kappa shape index (κ1) is 14.3. The lowest BCUT2D eigenvalue weighted by molar-refractivity contribution is -0.117. The first-order valence-corrected chi connectivity index (χ1v) is 6.55. The number of amides is 2. The predicted molar refractivity (Wildman–Crippen MR) is 73.2 cm³/mol. The molecule has 6 heteroatoms. The number of benzene rings is 1. The summed E-state index contributed by atoms with van der Waals surface area (Å²) in [6.07, 6.45) is -0.551. The molecular weight excluding hydrogens is 263 g/mol. The Morgan fingerprint density at radius 3 is 2.80 bits per heavy atom. The van der Waals surface area contributed by atoms with E-state index < -0.39 is 23.9 Å². The van der Waals surface area contributed by atoms with Crippen molar-refractivity contribution >= 4 is 23.4 Å². The van der Waals surface area contributed by atoms with Gasteiger partial charge in [-0.05, 0) is 32.4 Å². The van der Waals surface area contributed by atoms with E-state index in [1.807, 2.05) is 0 Å². The van der Waals surface area contributed by atoms with Crippen LogP contribution in [0.2, 0.25) is 0 Å². The van der Waals surface area contributed by atoms with Gasteiger partial charge in [0.1, 0.15) is 17.5 Å². The van der Waals surface area contributed by atoms with Gasteiger partial charge in [-0.25, -0.2) is 9.18 Å². The molecule has 0 aromatic heterocycles. The van der Waals surface area contributed by atoms with Gasteiger partial charge in [-0.3, -0.25) is 9.69 Å². The average molecular weight is 280 g/mol. The van der Waals surface area contributed by atoms with E-state index >= 15 is 0 Å². The van der Waals surface area contributed by atoms with Crippen LogP contribution in [0, 0.1) is 5.82 Å². The van der Waals surface area contributed by atoms with Crippen LogP contribution in [0.3, 0.4) is 0 Å². The largest absolute Gasteiger partial charge is 0.446 e. The van der Waals surface area contributed by atoms with E-state index in [0.29, 0.717) is 12.1 Å². The van der Waals surface area contributed by atoms with Crippen molar-refractivity contribution in [3.8, 4) is 0 Å². The molecule has 5 nitrogen and oxygen atoms in total. The van der Waals surface area contributed by atoms with Crippen molar-refractivity contribution in [2.24, 2.45) is 0 Å². The van der Waals surface area contributed by atoms with Crippen molar-refractivity contribution in [2.45, 2.75) is 39.3 Å². The van der Waals surface area contributed by atoms with Gasteiger partial charge in [-0.15, -0.1) is 0 Å². The topological polar surface area (TPSA) is 58.6 Å². The first-order chi connectivity index (χ1) is 9.45. The summed E-state index contributed by atoms with van der Waals surface area (Å²) in [5, 5.41) is 2.50. The van der Waals surface area contributed by atoms with Crippen molar-refractivity contribution in [3.63, 3.8) is 0 Å². The van der Waals surface area contributed by atoms with E-state index in [9.17, 15) is 14.0 Å². The highest BCUT2D eigenvalue weighted by Gasteiger charge is 2.38. The molecular formula is C14H17FN2O3. The van der Waals surface area contributed by atoms with E-state index in [1.165, 1.54) is 17.0 Å². The minimum absolute atomic E-state index is 0.0166. The van der Waals surface area contributed by atoms with Gasteiger partial charge in [0.25, 0.3) is 0 Å². The van der Waals surface area contributed by atoms with Crippen LogP contribution in [0.1, 0.15) is 27.2 Å². The monoisotopic (exact) mass is 280 g/mol. The molecule has 0 unspecified atom stereocenters. The molecule has 1 aromatic rings. The van der Waals surface area contributed by atoms with Gasteiger partial charge >= 0.3 is 6.09 Å². The highest BCUT2D eigenvalue weighted by molar-refractivity contribution is 6.10. The molecule has 0 spiro atoms. The van der Waals surface area contributed by atoms with Gasteiger partial charge < -0.3 is 10.1 Å². The number of hydrogen-bond donors (Lipinski definition) is 1. The third-order valence-electron chi connectivity index (χ3n) is 3.03. The summed E-state index contributed by atoms with van der Waals surface area (Å²) in [5.41, 5.74) is 0.338. The zero-order chi connectivity index (χ0) is 14.9. The number of halogens is 1. The number of fused-ring (bicyclic) bond motifs is 1. The second kappa shape index (κ2) is 5.48. The minimum atomic E-state index is -0.699. The number of carbonyl (C=O) groups excluding carboxylic acids is 2. The molecule has 2 amide bonds. The maximum absolute atomic E-state index is 13.8. The summed E-state index contributed by atoms with van der Waals surface area (Å²) in [4.78, 5) is 25.4.